The van der Waals surface area contributed by atoms with E-state index in [1.807, 2.05) is 0 Å². The molecule has 136 valence electrons. The van der Waals surface area contributed by atoms with Gasteiger partial charge in [-0.05, 0) is 43.7 Å². The largest absolute Gasteiger partial charge is 0.373 e. The highest BCUT2D eigenvalue weighted by Gasteiger charge is 2.22. The Balaban J connectivity index is 1.55. The normalized spacial score (nSPS) is 26.7. The molecule has 0 radical (unpaired) electrons. The fourth-order valence-electron chi connectivity index (χ4n) is 3.91. The van der Waals surface area contributed by atoms with Crippen LogP contribution in [0.2, 0.25) is 0 Å². The van der Waals surface area contributed by atoms with Crippen molar-refractivity contribution < 1.29 is 9.53 Å². The molecule has 4 nitrogen and oxygen atoms in total. The molecule has 1 fully saturated rings. The van der Waals surface area contributed by atoms with Gasteiger partial charge in [-0.3, -0.25) is 9.69 Å². The number of ether oxygens (including phenoxy) is 1. The Kier molecular flexibility index (Phi) is 6.27. The smallest absolute Gasteiger partial charge is 0.220 e. The first kappa shape index (κ1) is 18.2. The van der Waals surface area contributed by atoms with Gasteiger partial charge in [-0.1, -0.05) is 36.4 Å². The molecule has 0 aromatic heterocycles. The minimum Gasteiger partial charge on any atom is -0.373 e. The van der Waals surface area contributed by atoms with Crippen molar-refractivity contribution in [3.8, 4) is 0 Å². The number of morpholine rings is 1. The summed E-state index contributed by atoms with van der Waals surface area (Å²) >= 11 is 0. The summed E-state index contributed by atoms with van der Waals surface area (Å²) in [4.78, 5) is 14.6. The maximum atomic E-state index is 12.2. The van der Waals surface area contributed by atoms with Gasteiger partial charge in [-0.2, -0.15) is 0 Å². The van der Waals surface area contributed by atoms with E-state index in [2.05, 4.69) is 60.5 Å². The van der Waals surface area contributed by atoms with E-state index < -0.39 is 0 Å². The Morgan fingerprint density at radius 3 is 2.60 bits per heavy atom. The van der Waals surface area contributed by atoms with Crippen LogP contribution in [-0.4, -0.2) is 36.1 Å². The van der Waals surface area contributed by atoms with Crippen LogP contribution in [0.4, 0.5) is 0 Å². The van der Waals surface area contributed by atoms with Crippen LogP contribution in [0.3, 0.4) is 0 Å². The van der Waals surface area contributed by atoms with Crippen LogP contribution in [0.5, 0.6) is 0 Å². The third kappa shape index (κ3) is 5.41. The molecule has 3 atom stereocenters. The summed E-state index contributed by atoms with van der Waals surface area (Å²) in [5.74, 6) is 0.575. The number of carbonyl (C=O) groups excluding carboxylic acids is 1. The maximum absolute atomic E-state index is 12.2. The summed E-state index contributed by atoms with van der Waals surface area (Å²) in [6, 6.07) is 8.43. The highest BCUT2D eigenvalue weighted by molar-refractivity contribution is 5.76. The number of hydrogen-bond donors (Lipinski definition) is 1. The number of rotatable bonds is 6. The standard InChI is InChI=1S/C21H30N2O2/c1-16-13-23(14-17(2)25-16)15-20-10-6-5-9-19(20)12-22-21(24)11-18-7-3-4-8-18/h3,5-7,9-10,16-18H,4,8,11-15H2,1-2H3,(H,22,24)/t16-,17-,18+/m1/s1. The third-order valence-corrected chi connectivity index (χ3v) is 5.04. The number of allylic oxidation sites excluding steroid dienone is 2. The van der Waals surface area contributed by atoms with Crippen LogP contribution >= 0.6 is 0 Å². The number of nitrogens with zero attached hydrogens (tertiary/aromatic N) is 1. The third-order valence-electron chi connectivity index (χ3n) is 5.04. The molecule has 0 saturated carbocycles. The van der Waals surface area contributed by atoms with Gasteiger partial charge in [-0.25, -0.2) is 0 Å². The lowest BCUT2D eigenvalue weighted by Crippen LogP contribution is -2.45. The SMILES string of the molecule is C[C@@H]1CN(Cc2ccccc2CNC(=O)C[C@H]2C=CCC2)C[C@@H](C)O1. The van der Waals surface area contributed by atoms with E-state index in [0.717, 1.165) is 32.5 Å². The molecule has 25 heavy (non-hydrogen) atoms. The van der Waals surface area contributed by atoms with Gasteiger partial charge >= 0.3 is 0 Å². The highest BCUT2D eigenvalue weighted by Crippen LogP contribution is 2.20. The summed E-state index contributed by atoms with van der Waals surface area (Å²) in [6.07, 6.45) is 7.72. The molecule has 3 rings (SSSR count). The zero-order valence-corrected chi connectivity index (χ0v) is 15.4. The molecule has 1 aromatic rings. The number of hydrogen-bond acceptors (Lipinski definition) is 3. The van der Waals surface area contributed by atoms with Gasteiger partial charge in [0.2, 0.25) is 5.91 Å². The lowest BCUT2D eigenvalue weighted by atomic mass is 10.0. The van der Waals surface area contributed by atoms with Gasteiger partial charge in [0.15, 0.2) is 0 Å². The molecule has 1 heterocycles. The van der Waals surface area contributed by atoms with Gasteiger partial charge in [0, 0.05) is 32.6 Å². The number of benzene rings is 1. The lowest BCUT2D eigenvalue weighted by Gasteiger charge is -2.35. The minimum absolute atomic E-state index is 0.153. The molecule has 1 saturated heterocycles. The Bertz CT molecular complexity index is 604. The molecule has 1 aliphatic carbocycles. The monoisotopic (exact) mass is 342 g/mol. The van der Waals surface area contributed by atoms with Gasteiger partial charge in [0.25, 0.3) is 0 Å². The van der Waals surface area contributed by atoms with Crippen LogP contribution in [-0.2, 0) is 22.6 Å². The zero-order valence-electron chi connectivity index (χ0n) is 15.4. The fraction of sp³-hybridized carbons (Fsp3) is 0.571. The molecule has 4 heteroatoms. The van der Waals surface area contributed by atoms with Gasteiger partial charge in [0.1, 0.15) is 0 Å². The molecule has 1 aliphatic heterocycles. The highest BCUT2D eigenvalue weighted by atomic mass is 16.5. The average molecular weight is 342 g/mol. The van der Waals surface area contributed by atoms with Crippen molar-refractivity contribution in [1.29, 1.82) is 0 Å². The molecule has 0 bridgehead atoms. The van der Waals surface area contributed by atoms with Crippen molar-refractivity contribution in [1.82, 2.24) is 10.2 Å². The Hall–Kier alpha value is -1.65. The summed E-state index contributed by atoms with van der Waals surface area (Å²) in [6.45, 7) is 7.70. The fourth-order valence-corrected chi connectivity index (χ4v) is 3.91. The van der Waals surface area contributed by atoms with Crippen molar-refractivity contribution >= 4 is 5.91 Å². The van der Waals surface area contributed by atoms with Crippen LogP contribution in [0.15, 0.2) is 36.4 Å². The van der Waals surface area contributed by atoms with Gasteiger partial charge in [-0.15, -0.1) is 0 Å². The minimum atomic E-state index is 0.153. The van der Waals surface area contributed by atoms with E-state index >= 15 is 0 Å². The lowest BCUT2D eigenvalue weighted by molar-refractivity contribution is -0.121. The summed E-state index contributed by atoms with van der Waals surface area (Å²) in [7, 11) is 0. The van der Waals surface area contributed by atoms with E-state index in [1.165, 1.54) is 11.1 Å². The topological polar surface area (TPSA) is 41.6 Å². The summed E-state index contributed by atoms with van der Waals surface area (Å²) in [5, 5.41) is 3.11. The first-order valence-corrected chi connectivity index (χ1v) is 9.48. The molecule has 0 spiro atoms. The quantitative estimate of drug-likeness (QED) is 0.807. The van der Waals surface area contributed by atoms with Crippen molar-refractivity contribution in [2.75, 3.05) is 13.1 Å². The predicted molar refractivity (Wildman–Crippen MR) is 100 cm³/mol. The maximum Gasteiger partial charge on any atom is 0.220 e. The van der Waals surface area contributed by atoms with E-state index in [9.17, 15) is 4.79 Å². The van der Waals surface area contributed by atoms with Crippen LogP contribution in [0.1, 0.15) is 44.2 Å². The van der Waals surface area contributed by atoms with Crippen LogP contribution in [0, 0.1) is 5.92 Å². The van der Waals surface area contributed by atoms with Crippen LogP contribution in [0.25, 0.3) is 0 Å². The number of nitrogens with one attached hydrogen (secondary N) is 1. The van der Waals surface area contributed by atoms with E-state index in [1.54, 1.807) is 0 Å². The summed E-state index contributed by atoms with van der Waals surface area (Å²) < 4.78 is 5.82. The van der Waals surface area contributed by atoms with Crippen molar-refractivity contribution in [3.63, 3.8) is 0 Å². The van der Waals surface area contributed by atoms with Gasteiger partial charge < -0.3 is 10.1 Å². The molecular weight excluding hydrogens is 312 g/mol. The first-order chi connectivity index (χ1) is 12.1. The van der Waals surface area contributed by atoms with Crippen LogP contribution < -0.4 is 5.32 Å². The number of carbonyl (C=O) groups is 1. The molecule has 1 aromatic carbocycles. The van der Waals surface area contributed by atoms with E-state index in [-0.39, 0.29) is 18.1 Å². The molecule has 2 aliphatic rings. The first-order valence-electron chi connectivity index (χ1n) is 9.48. The molecular formula is C21H30N2O2. The van der Waals surface area contributed by atoms with Crippen molar-refractivity contribution in [2.45, 2.75) is 58.4 Å². The van der Waals surface area contributed by atoms with Crippen molar-refractivity contribution in [2.24, 2.45) is 5.92 Å². The second-order valence-electron chi connectivity index (χ2n) is 7.47. The second-order valence-corrected chi connectivity index (χ2v) is 7.47. The number of amides is 1. The van der Waals surface area contributed by atoms with Crippen molar-refractivity contribution in [3.05, 3.63) is 47.5 Å². The second kappa shape index (κ2) is 8.63. The molecule has 1 amide bonds. The Labute approximate surface area is 151 Å². The Morgan fingerprint density at radius 2 is 1.92 bits per heavy atom. The molecule has 1 N–H and O–H groups in total. The van der Waals surface area contributed by atoms with E-state index in [4.69, 9.17) is 4.74 Å². The average Bonchev–Trinajstić information content (AvgIpc) is 3.06. The molecule has 0 unspecified atom stereocenters. The van der Waals surface area contributed by atoms with Gasteiger partial charge in [0.05, 0.1) is 12.2 Å². The summed E-state index contributed by atoms with van der Waals surface area (Å²) in [5.41, 5.74) is 2.51. The predicted octanol–water partition coefficient (Wildman–Crippen LogP) is 3.27. The van der Waals surface area contributed by atoms with E-state index in [0.29, 0.717) is 18.9 Å². The zero-order chi connectivity index (χ0) is 17.6. The Morgan fingerprint density at radius 1 is 1.20 bits per heavy atom.